The number of nitrogens with one attached hydrogen (secondary N) is 1. The first kappa shape index (κ1) is 10.8. The summed E-state index contributed by atoms with van der Waals surface area (Å²) >= 11 is 5.05. The maximum atomic E-state index is 12.3. The zero-order valence-electron chi connectivity index (χ0n) is 7.11. The molecule has 0 bridgehead atoms. The topological polar surface area (TPSA) is 49.9 Å². The molecule has 3 nitrogen and oxygen atoms in total. The zero-order chi connectivity index (χ0) is 10.9. The number of aromatic amines is 1. The molecule has 1 aromatic rings. The molecule has 0 unspecified atom stereocenters. The van der Waals surface area contributed by atoms with E-state index >= 15 is 0 Å². The summed E-state index contributed by atoms with van der Waals surface area (Å²) in [6.45, 7) is 1.47. The van der Waals surface area contributed by atoms with Gasteiger partial charge in [-0.1, -0.05) is 0 Å². The molecule has 0 radical (unpaired) electrons. The standard InChI is InChI=1S/C8H6ClF2NO2/c1-3-2-4(13)5(8(10)11)6(12-3)7(9)14/h2,8H,1H3,(H,12,13). The summed E-state index contributed by atoms with van der Waals surface area (Å²) in [5.41, 5.74) is -1.99. The summed E-state index contributed by atoms with van der Waals surface area (Å²) in [5, 5.41) is -1.10. The number of rotatable bonds is 2. The Balaban J connectivity index is 3.53. The predicted molar refractivity (Wildman–Crippen MR) is 46.9 cm³/mol. The van der Waals surface area contributed by atoms with Crippen LogP contribution in [0.3, 0.4) is 0 Å². The fourth-order valence-electron chi connectivity index (χ4n) is 1.07. The number of halogens is 3. The van der Waals surface area contributed by atoms with E-state index in [0.717, 1.165) is 6.07 Å². The molecule has 0 atom stereocenters. The lowest BCUT2D eigenvalue weighted by atomic mass is 10.2. The summed E-state index contributed by atoms with van der Waals surface area (Å²) < 4.78 is 24.7. The van der Waals surface area contributed by atoms with E-state index in [4.69, 9.17) is 11.6 Å². The van der Waals surface area contributed by atoms with Crippen LogP contribution < -0.4 is 5.43 Å². The minimum atomic E-state index is -3.02. The van der Waals surface area contributed by atoms with Crippen molar-refractivity contribution in [2.75, 3.05) is 0 Å². The van der Waals surface area contributed by atoms with E-state index in [-0.39, 0.29) is 0 Å². The van der Waals surface area contributed by atoms with Crippen LogP contribution in [0.1, 0.15) is 28.2 Å². The molecule has 0 aromatic carbocycles. The Morgan fingerprint density at radius 3 is 2.57 bits per heavy atom. The van der Waals surface area contributed by atoms with Crippen molar-refractivity contribution in [1.29, 1.82) is 0 Å². The molecule has 1 N–H and O–H groups in total. The minimum absolute atomic E-state index is 0.309. The highest BCUT2D eigenvalue weighted by molar-refractivity contribution is 6.67. The van der Waals surface area contributed by atoms with Crippen LogP contribution in [-0.4, -0.2) is 10.2 Å². The van der Waals surface area contributed by atoms with Gasteiger partial charge in [-0.2, -0.15) is 0 Å². The Morgan fingerprint density at radius 2 is 2.14 bits per heavy atom. The predicted octanol–water partition coefficient (Wildman–Crippen LogP) is 2.00. The third kappa shape index (κ3) is 1.98. The third-order valence-corrected chi connectivity index (χ3v) is 1.81. The number of alkyl halides is 2. The number of aromatic nitrogens is 1. The van der Waals surface area contributed by atoms with E-state index < -0.39 is 28.4 Å². The van der Waals surface area contributed by atoms with Gasteiger partial charge in [0.1, 0.15) is 5.69 Å². The van der Waals surface area contributed by atoms with Crippen LogP contribution in [0.2, 0.25) is 0 Å². The van der Waals surface area contributed by atoms with Crippen molar-refractivity contribution in [3.63, 3.8) is 0 Å². The Hall–Kier alpha value is -1.23. The van der Waals surface area contributed by atoms with Crippen LogP contribution in [0.4, 0.5) is 8.78 Å². The van der Waals surface area contributed by atoms with Gasteiger partial charge in [0.25, 0.3) is 11.7 Å². The fourth-order valence-corrected chi connectivity index (χ4v) is 1.22. The molecule has 14 heavy (non-hydrogen) atoms. The maximum Gasteiger partial charge on any atom is 0.269 e. The van der Waals surface area contributed by atoms with E-state index in [2.05, 4.69) is 4.98 Å². The molecule has 6 heteroatoms. The minimum Gasteiger partial charge on any atom is -0.355 e. The van der Waals surface area contributed by atoms with Crippen LogP contribution in [0.15, 0.2) is 10.9 Å². The second-order valence-corrected chi connectivity index (χ2v) is 3.02. The third-order valence-electron chi connectivity index (χ3n) is 1.62. The second-order valence-electron chi connectivity index (χ2n) is 2.68. The number of hydrogen-bond donors (Lipinski definition) is 1. The Labute approximate surface area is 82.7 Å². The molecule has 1 rings (SSSR count). The number of H-pyrrole nitrogens is 1. The Morgan fingerprint density at radius 1 is 1.57 bits per heavy atom. The first-order valence-electron chi connectivity index (χ1n) is 3.65. The van der Waals surface area contributed by atoms with Crippen LogP contribution in [0, 0.1) is 6.92 Å². The molecule has 0 spiro atoms. The molecule has 0 aliphatic rings. The summed E-state index contributed by atoms with van der Waals surface area (Å²) in [4.78, 5) is 24.2. The first-order valence-corrected chi connectivity index (χ1v) is 4.03. The number of carbonyl (C=O) groups is 1. The summed E-state index contributed by atoms with van der Waals surface area (Å²) in [6, 6.07) is 0.991. The average molecular weight is 222 g/mol. The van der Waals surface area contributed by atoms with E-state index in [1.54, 1.807) is 0 Å². The van der Waals surface area contributed by atoms with Crippen molar-refractivity contribution in [1.82, 2.24) is 4.98 Å². The quantitative estimate of drug-likeness (QED) is 0.777. The zero-order valence-corrected chi connectivity index (χ0v) is 7.86. The number of carbonyl (C=O) groups excluding carboxylic acids is 1. The van der Waals surface area contributed by atoms with Gasteiger partial charge in [-0.25, -0.2) is 8.78 Å². The molecule has 0 amide bonds. The van der Waals surface area contributed by atoms with Crippen molar-refractivity contribution < 1.29 is 13.6 Å². The summed E-state index contributed by atoms with van der Waals surface area (Å²) in [6.07, 6.45) is -3.02. The maximum absolute atomic E-state index is 12.3. The van der Waals surface area contributed by atoms with Gasteiger partial charge in [-0.3, -0.25) is 9.59 Å². The highest BCUT2D eigenvalue weighted by Gasteiger charge is 2.21. The van der Waals surface area contributed by atoms with Crippen molar-refractivity contribution in [3.05, 3.63) is 33.2 Å². The van der Waals surface area contributed by atoms with E-state index in [0.29, 0.717) is 5.69 Å². The second kappa shape index (κ2) is 3.88. The van der Waals surface area contributed by atoms with Gasteiger partial charge in [-0.15, -0.1) is 0 Å². The van der Waals surface area contributed by atoms with E-state index in [1.165, 1.54) is 6.92 Å². The number of aryl methyl sites for hydroxylation is 1. The molecule has 1 heterocycles. The highest BCUT2D eigenvalue weighted by atomic mass is 35.5. The molecule has 0 fully saturated rings. The van der Waals surface area contributed by atoms with Crippen molar-refractivity contribution >= 4 is 16.8 Å². The Kier molecular flexibility index (Phi) is 3.00. The van der Waals surface area contributed by atoms with Gasteiger partial charge in [0, 0.05) is 11.8 Å². The lowest BCUT2D eigenvalue weighted by Gasteiger charge is -2.04. The molecule has 76 valence electrons. The van der Waals surface area contributed by atoms with Crippen molar-refractivity contribution in [2.24, 2.45) is 0 Å². The highest BCUT2D eigenvalue weighted by Crippen LogP contribution is 2.19. The monoisotopic (exact) mass is 221 g/mol. The summed E-state index contributed by atoms with van der Waals surface area (Å²) in [5.74, 6) is 0. The van der Waals surface area contributed by atoms with E-state index in [9.17, 15) is 18.4 Å². The van der Waals surface area contributed by atoms with E-state index in [1.807, 2.05) is 0 Å². The molecular weight excluding hydrogens is 216 g/mol. The van der Waals surface area contributed by atoms with Gasteiger partial charge in [0.15, 0.2) is 5.43 Å². The molecule has 0 aliphatic carbocycles. The first-order chi connectivity index (χ1) is 6.43. The van der Waals surface area contributed by atoms with Crippen molar-refractivity contribution in [3.8, 4) is 0 Å². The lowest BCUT2D eigenvalue weighted by molar-refractivity contribution is 0.105. The smallest absolute Gasteiger partial charge is 0.269 e. The van der Waals surface area contributed by atoms with Crippen LogP contribution in [0.5, 0.6) is 0 Å². The fraction of sp³-hybridized carbons (Fsp3) is 0.250. The largest absolute Gasteiger partial charge is 0.355 e. The van der Waals surface area contributed by atoms with Gasteiger partial charge in [0.05, 0.1) is 5.56 Å². The summed E-state index contributed by atoms with van der Waals surface area (Å²) in [7, 11) is 0. The van der Waals surface area contributed by atoms with Gasteiger partial charge in [-0.05, 0) is 18.5 Å². The molecule has 0 saturated heterocycles. The number of hydrogen-bond acceptors (Lipinski definition) is 2. The molecule has 0 aliphatic heterocycles. The number of pyridine rings is 1. The van der Waals surface area contributed by atoms with Crippen LogP contribution >= 0.6 is 11.6 Å². The van der Waals surface area contributed by atoms with Gasteiger partial charge in [0.2, 0.25) is 0 Å². The molecular formula is C8H6ClF2NO2. The normalized spacial score (nSPS) is 10.6. The van der Waals surface area contributed by atoms with Crippen LogP contribution in [0.25, 0.3) is 0 Å². The average Bonchev–Trinajstić information content (AvgIpc) is 2.01. The lowest BCUT2D eigenvalue weighted by Crippen LogP contribution is -2.16. The molecule has 0 saturated carbocycles. The van der Waals surface area contributed by atoms with Gasteiger partial charge < -0.3 is 4.98 Å². The SMILES string of the molecule is Cc1cc(=O)c(C(F)F)c(C(=O)Cl)[nH]1. The molecule has 1 aromatic heterocycles. The van der Waals surface area contributed by atoms with Crippen LogP contribution in [-0.2, 0) is 0 Å². The van der Waals surface area contributed by atoms with Gasteiger partial charge >= 0.3 is 0 Å². The van der Waals surface area contributed by atoms with Crippen molar-refractivity contribution in [2.45, 2.75) is 13.3 Å². The Bertz CT molecular complexity index is 428.